The van der Waals surface area contributed by atoms with Crippen LogP contribution in [0.15, 0.2) is 42.7 Å². The number of benzene rings is 1. The second-order valence-electron chi connectivity index (χ2n) is 4.45. The molecule has 2 heterocycles. The summed E-state index contributed by atoms with van der Waals surface area (Å²) in [5.41, 5.74) is 1.42. The maximum Gasteiger partial charge on any atom is 0.412 e. The van der Waals surface area contributed by atoms with Crippen molar-refractivity contribution in [1.82, 2.24) is 14.4 Å². The minimum atomic E-state index is -0.539. The highest BCUT2D eigenvalue weighted by Gasteiger charge is 2.17. The normalized spacial score (nSPS) is 10.6. The van der Waals surface area contributed by atoms with Crippen molar-refractivity contribution in [1.29, 1.82) is 0 Å². The Hall–Kier alpha value is -2.60. The highest BCUT2D eigenvalue weighted by molar-refractivity contribution is 6.30. The van der Waals surface area contributed by atoms with Crippen molar-refractivity contribution in [3.05, 3.63) is 47.7 Å². The van der Waals surface area contributed by atoms with E-state index in [2.05, 4.69) is 15.3 Å². The molecule has 0 aliphatic heterocycles. The Morgan fingerprint density at radius 2 is 2.14 bits per heavy atom. The fraction of sp³-hybridized carbons (Fsp3) is 0.133. The van der Waals surface area contributed by atoms with Crippen LogP contribution in [0, 0.1) is 0 Å². The van der Waals surface area contributed by atoms with Crippen LogP contribution >= 0.6 is 11.6 Å². The Bertz CT molecular complexity index is 814. The molecule has 3 rings (SSSR count). The number of nitrogens with one attached hydrogen (secondary N) is 1. The Kier molecular flexibility index (Phi) is 3.93. The number of hydrogen-bond acceptors (Lipinski definition) is 4. The molecule has 3 aromatic rings. The van der Waals surface area contributed by atoms with E-state index in [0.717, 1.165) is 5.56 Å². The number of hydrogen-bond donors (Lipinski definition) is 1. The van der Waals surface area contributed by atoms with Crippen LogP contribution in [0.1, 0.15) is 6.92 Å². The van der Waals surface area contributed by atoms with E-state index in [9.17, 15) is 4.79 Å². The van der Waals surface area contributed by atoms with Crippen LogP contribution in [0.2, 0.25) is 5.02 Å². The summed E-state index contributed by atoms with van der Waals surface area (Å²) < 4.78 is 6.64. The van der Waals surface area contributed by atoms with Crippen LogP contribution in [0.5, 0.6) is 0 Å². The number of halogens is 1. The smallest absolute Gasteiger partial charge is 0.412 e. The van der Waals surface area contributed by atoms with Crippen LogP contribution in [-0.4, -0.2) is 27.1 Å². The molecular weight excluding hydrogens is 304 g/mol. The third kappa shape index (κ3) is 2.73. The molecule has 1 aromatic carbocycles. The van der Waals surface area contributed by atoms with Crippen LogP contribution in [0.4, 0.5) is 10.6 Å². The minimum Gasteiger partial charge on any atom is -0.450 e. The van der Waals surface area contributed by atoms with Crippen LogP contribution in [-0.2, 0) is 4.74 Å². The zero-order valence-electron chi connectivity index (χ0n) is 11.8. The largest absolute Gasteiger partial charge is 0.450 e. The molecule has 2 aromatic heterocycles. The molecule has 0 saturated heterocycles. The molecule has 0 unspecified atom stereocenters. The van der Waals surface area contributed by atoms with E-state index < -0.39 is 6.09 Å². The first-order valence-corrected chi connectivity index (χ1v) is 7.09. The van der Waals surface area contributed by atoms with Gasteiger partial charge in [0, 0.05) is 23.0 Å². The summed E-state index contributed by atoms with van der Waals surface area (Å²) in [7, 11) is 0. The van der Waals surface area contributed by atoms with Gasteiger partial charge >= 0.3 is 6.09 Å². The Labute approximate surface area is 131 Å². The van der Waals surface area contributed by atoms with Crippen molar-refractivity contribution in [2.24, 2.45) is 0 Å². The number of aromatic nitrogens is 3. The molecule has 0 atom stereocenters. The van der Waals surface area contributed by atoms with Crippen LogP contribution < -0.4 is 5.32 Å². The predicted molar refractivity (Wildman–Crippen MR) is 84.1 cm³/mol. The third-order valence-corrected chi connectivity index (χ3v) is 3.27. The van der Waals surface area contributed by atoms with Gasteiger partial charge in [-0.2, -0.15) is 0 Å². The van der Waals surface area contributed by atoms with E-state index in [4.69, 9.17) is 16.3 Å². The SMILES string of the molecule is CCOC(=O)Nc1c(-c2ccc(Cl)cc2)nc2ncccn12. The van der Waals surface area contributed by atoms with E-state index in [0.29, 0.717) is 22.3 Å². The lowest BCUT2D eigenvalue weighted by Gasteiger charge is -2.07. The number of rotatable bonds is 3. The molecule has 112 valence electrons. The molecule has 0 radical (unpaired) electrons. The summed E-state index contributed by atoms with van der Waals surface area (Å²) in [5, 5.41) is 3.34. The van der Waals surface area contributed by atoms with Crippen LogP contribution in [0.3, 0.4) is 0 Å². The summed E-state index contributed by atoms with van der Waals surface area (Å²) >= 11 is 5.92. The van der Waals surface area contributed by atoms with Crippen molar-refractivity contribution < 1.29 is 9.53 Å². The average Bonchev–Trinajstić information content (AvgIpc) is 2.87. The topological polar surface area (TPSA) is 68.5 Å². The highest BCUT2D eigenvalue weighted by atomic mass is 35.5. The molecule has 6 nitrogen and oxygen atoms in total. The summed E-state index contributed by atoms with van der Waals surface area (Å²) in [4.78, 5) is 20.4. The van der Waals surface area contributed by atoms with Gasteiger partial charge in [0.25, 0.3) is 0 Å². The van der Waals surface area contributed by atoms with Crippen molar-refractivity contribution in [3.8, 4) is 11.3 Å². The Morgan fingerprint density at radius 3 is 2.86 bits per heavy atom. The van der Waals surface area contributed by atoms with Crippen molar-refractivity contribution in [2.45, 2.75) is 6.92 Å². The van der Waals surface area contributed by atoms with Crippen molar-refractivity contribution >= 4 is 29.3 Å². The molecule has 0 fully saturated rings. The Balaban J connectivity index is 2.11. The van der Waals surface area contributed by atoms with Crippen molar-refractivity contribution in [2.75, 3.05) is 11.9 Å². The fourth-order valence-corrected chi connectivity index (χ4v) is 2.21. The summed E-state index contributed by atoms with van der Waals surface area (Å²) in [6.07, 6.45) is 2.88. The molecular formula is C15H13ClN4O2. The van der Waals surface area contributed by atoms with Crippen LogP contribution in [0.25, 0.3) is 17.0 Å². The summed E-state index contributed by atoms with van der Waals surface area (Å²) in [5.74, 6) is 0.989. The lowest BCUT2D eigenvalue weighted by molar-refractivity contribution is 0.168. The number of ether oxygens (including phenoxy) is 1. The van der Waals surface area contributed by atoms with Crippen molar-refractivity contribution in [3.63, 3.8) is 0 Å². The van der Waals surface area contributed by atoms with Gasteiger partial charge in [-0.15, -0.1) is 0 Å². The van der Waals surface area contributed by atoms with E-state index in [1.807, 2.05) is 12.1 Å². The molecule has 7 heteroatoms. The number of carbonyl (C=O) groups excluding carboxylic acids is 1. The maximum absolute atomic E-state index is 11.8. The van der Waals surface area contributed by atoms with Gasteiger partial charge in [0.1, 0.15) is 11.5 Å². The quantitative estimate of drug-likeness (QED) is 0.801. The molecule has 0 aliphatic rings. The number of nitrogens with zero attached hydrogens (tertiary/aromatic N) is 3. The first kappa shape index (κ1) is 14.3. The lowest BCUT2D eigenvalue weighted by atomic mass is 10.1. The van der Waals surface area contributed by atoms with Gasteiger partial charge in [0.2, 0.25) is 5.78 Å². The van der Waals surface area contributed by atoms with Gasteiger partial charge in [-0.1, -0.05) is 23.7 Å². The number of carbonyl (C=O) groups is 1. The van der Waals surface area contributed by atoms with Gasteiger partial charge in [0.05, 0.1) is 6.61 Å². The van der Waals surface area contributed by atoms with Gasteiger partial charge in [-0.25, -0.2) is 14.8 Å². The van der Waals surface area contributed by atoms with Gasteiger partial charge in [0.15, 0.2) is 0 Å². The number of amides is 1. The second-order valence-corrected chi connectivity index (χ2v) is 4.89. The highest BCUT2D eigenvalue weighted by Crippen LogP contribution is 2.29. The number of fused-ring (bicyclic) bond motifs is 1. The lowest BCUT2D eigenvalue weighted by Crippen LogP contribution is -2.15. The molecule has 0 aliphatic carbocycles. The summed E-state index contributed by atoms with van der Waals surface area (Å²) in [6, 6.07) is 8.96. The molecule has 22 heavy (non-hydrogen) atoms. The molecule has 1 amide bonds. The zero-order chi connectivity index (χ0) is 15.5. The van der Waals surface area contributed by atoms with Gasteiger partial charge in [-0.05, 0) is 25.1 Å². The number of anilines is 1. The summed E-state index contributed by atoms with van der Waals surface area (Å²) in [6.45, 7) is 2.03. The fourth-order valence-electron chi connectivity index (χ4n) is 2.08. The average molecular weight is 317 g/mol. The standard InChI is InChI=1S/C15H13ClN4O2/c1-2-22-15(21)19-13-12(10-4-6-11(16)7-5-10)18-14-17-8-3-9-20(13)14/h3-9H,2H2,1H3,(H,19,21). The van der Waals surface area contributed by atoms with E-state index in [-0.39, 0.29) is 6.61 Å². The van der Waals surface area contributed by atoms with E-state index in [1.54, 1.807) is 41.9 Å². The molecule has 0 saturated carbocycles. The molecule has 1 N–H and O–H groups in total. The predicted octanol–water partition coefficient (Wildman–Crippen LogP) is 3.62. The Morgan fingerprint density at radius 1 is 1.36 bits per heavy atom. The minimum absolute atomic E-state index is 0.289. The van der Waals surface area contributed by atoms with Gasteiger partial charge < -0.3 is 4.74 Å². The third-order valence-electron chi connectivity index (χ3n) is 3.02. The zero-order valence-corrected chi connectivity index (χ0v) is 12.5. The first-order chi connectivity index (χ1) is 10.7. The van der Waals surface area contributed by atoms with Gasteiger partial charge in [-0.3, -0.25) is 9.72 Å². The second kappa shape index (κ2) is 6.03. The maximum atomic E-state index is 11.8. The number of imidazole rings is 1. The first-order valence-electron chi connectivity index (χ1n) is 6.72. The molecule has 0 bridgehead atoms. The van der Waals surface area contributed by atoms with E-state index in [1.165, 1.54) is 0 Å². The molecule has 0 spiro atoms. The monoisotopic (exact) mass is 316 g/mol. The van der Waals surface area contributed by atoms with E-state index >= 15 is 0 Å².